The van der Waals surface area contributed by atoms with E-state index < -0.39 is 5.97 Å². The third-order valence-electron chi connectivity index (χ3n) is 6.52. The molecule has 0 unspecified atom stereocenters. The summed E-state index contributed by atoms with van der Waals surface area (Å²) in [5, 5.41) is 18.6. The maximum Gasteiger partial charge on any atom is 0.303 e. The number of hydrogen-bond donors (Lipinski definition) is 1. The van der Waals surface area contributed by atoms with Crippen LogP contribution in [0.15, 0.2) is 9.70 Å². The van der Waals surface area contributed by atoms with Gasteiger partial charge in [0.1, 0.15) is 21.8 Å². The van der Waals surface area contributed by atoms with Crippen molar-refractivity contribution in [2.45, 2.75) is 52.5 Å². The van der Waals surface area contributed by atoms with Gasteiger partial charge in [-0.25, -0.2) is 0 Å². The normalized spacial score (nSPS) is 17.8. The first kappa shape index (κ1) is 27.9. The maximum atomic E-state index is 13.3. The monoisotopic (exact) mass is 531 g/mol. The molecule has 0 atom stereocenters. The van der Waals surface area contributed by atoms with E-state index in [2.05, 4.69) is 22.9 Å². The molecule has 36 heavy (non-hydrogen) atoms. The number of thiocarbonyl (C=S) groups is 1. The predicted molar refractivity (Wildman–Crippen MR) is 146 cm³/mol. The Morgan fingerprint density at radius 3 is 2.47 bits per heavy atom. The highest BCUT2D eigenvalue weighted by molar-refractivity contribution is 8.26. The van der Waals surface area contributed by atoms with Gasteiger partial charge in [0.05, 0.1) is 4.91 Å². The minimum Gasteiger partial charge on any atom is -0.481 e. The summed E-state index contributed by atoms with van der Waals surface area (Å²) in [5.41, 5.74) is 1.09. The molecule has 1 amide bonds. The lowest BCUT2D eigenvalue weighted by atomic mass is 10.0. The van der Waals surface area contributed by atoms with Crippen molar-refractivity contribution in [1.82, 2.24) is 14.4 Å². The molecule has 11 heteroatoms. The summed E-state index contributed by atoms with van der Waals surface area (Å²) >= 11 is 6.71. The van der Waals surface area contributed by atoms with Crippen LogP contribution in [0.2, 0.25) is 0 Å². The number of nitriles is 1. The summed E-state index contributed by atoms with van der Waals surface area (Å²) in [6.45, 7) is 7.86. The fourth-order valence-electron chi connectivity index (χ4n) is 4.48. The van der Waals surface area contributed by atoms with E-state index in [9.17, 15) is 19.6 Å². The summed E-state index contributed by atoms with van der Waals surface area (Å²) in [4.78, 5) is 43.7. The van der Waals surface area contributed by atoms with E-state index in [1.165, 1.54) is 11.8 Å². The molecule has 1 aromatic heterocycles. The van der Waals surface area contributed by atoms with E-state index in [0.29, 0.717) is 52.7 Å². The van der Waals surface area contributed by atoms with Crippen molar-refractivity contribution >= 4 is 52.1 Å². The lowest BCUT2D eigenvalue weighted by molar-refractivity contribution is -0.137. The van der Waals surface area contributed by atoms with Crippen LogP contribution in [0.3, 0.4) is 0 Å². The van der Waals surface area contributed by atoms with Gasteiger partial charge in [-0.2, -0.15) is 5.26 Å². The Balaban J connectivity index is 1.99. The number of carbonyl (C=O) groups excluding carboxylic acids is 1. The van der Waals surface area contributed by atoms with Crippen molar-refractivity contribution in [2.24, 2.45) is 0 Å². The van der Waals surface area contributed by atoms with E-state index in [4.69, 9.17) is 17.3 Å². The van der Waals surface area contributed by atoms with Gasteiger partial charge in [0.2, 0.25) is 0 Å². The van der Waals surface area contributed by atoms with E-state index in [-0.39, 0.29) is 23.5 Å². The van der Waals surface area contributed by atoms with Crippen molar-refractivity contribution in [2.75, 3.05) is 44.7 Å². The summed E-state index contributed by atoms with van der Waals surface area (Å²) in [7, 11) is 2.06. The second-order valence-electron chi connectivity index (χ2n) is 9.13. The van der Waals surface area contributed by atoms with Crippen LogP contribution in [-0.2, 0) is 16.1 Å². The van der Waals surface area contributed by atoms with Gasteiger partial charge in [-0.3, -0.25) is 23.9 Å². The first-order chi connectivity index (χ1) is 17.2. The fourth-order valence-corrected chi connectivity index (χ4v) is 5.77. The molecule has 2 fully saturated rings. The highest BCUT2D eigenvalue weighted by atomic mass is 32.2. The maximum absolute atomic E-state index is 13.3. The van der Waals surface area contributed by atoms with Gasteiger partial charge in [-0.15, -0.1) is 0 Å². The number of unbranched alkanes of at least 4 members (excludes halogenated alkanes) is 2. The van der Waals surface area contributed by atoms with Gasteiger partial charge < -0.3 is 14.9 Å². The number of aromatic nitrogens is 1. The number of aliphatic carboxylic acids is 1. The number of likely N-dealkylation sites (N-methyl/N-ethyl adjacent to an activating group) is 1. The second-order valence-corrected chi connectivity index (χ2v) is 10.8. The molecule has 2 aliphatic rings. The smallest absolute Gasteiger partial charge is 0.303 e. The zero-order valence-electron chi connectivity index (χ0n) is 21.1. The molecule has 0 bridgehead atoms. The van der Waals surface area contributed by atoms with Gasteiger partial charge in [-0.05, 0) is 44.9 Å². The Morgan fingerprint density at radius 1 is 1.17 bits per heavy atom. The Bertz CT molecular complexity index is 1160. The molecule has 2 saturated heterocycles. The molecular weight excluding hydrogens is 498 g/mol. The number of thioether (sulfide) groups is 1. The molecule has 0 aromatic carbocycles. The van der Waals surface area contributed by atoms with Crippen molar-refractivity contribution in [3.8, 4) is 6.07 Å². The average Bonchev–Trinajstić information content (AvgIpc) is 3.10. The van der Waals surface area contributed by atoms with Gasteiger partial charge in [0.25, 0.3) is 11.5 Å². The highest BCUT2D eigenvalue weighted by Gasteiger charge is 2.33. The zero-order valence-corrected chi connectivity index (χ0v) is 22.7. The molecule has 1 N–H and O–H groups in total. The molecule has 0 radical (unpaired) electrons. The predicted octanol–water partition coefficient (Wildman–Crippen LogP) is 3.04. The number of hydrogen-bond acceptors (Lipinski definition) is 8. The number of carbonyl (C=O) groups is 2. The second kappa shape index (κ2) is 12.5. The SMILES string of the molecule is CCCn1c(N2CCN(C)CC2)c(/C=C2\SC(=S)N(CCCCCC(=O)O)C2=O)c(C)c(C#N)c1=O. The summed E-state index contributed by atoms with van der Waals surface area (Å²) in [5.74, 6) is -0.264. The van der Waals surface area contributed by atoms with Gasteiger partial charge in [-0.1, -0.05) is 37.3 Å². The third-order valence-corrected chi connectivity index (χ3v) is 7.90. The minimum absolute atomic E-state index is 0.0986. The standard InChI is InChI=1S/C25H33N5O4S2/c1-4-9-29-22(28-13-11-27(3)12-14-28)18(17(2)19(16-26)23(29)33)15-20-24(34)30(25(35)36-20)10-7-5-6-8-21(31)32/h15H,4-14H2,1-3H3,(H,31,32)/b20-15-. The van der Waals surface area contributed by atoms with E-state index >= 15 is 0 Å². The minimum atomic E-state index is -0.823. The summed E-state index contributed by atoms with van der Waals surface area (Å²) in [6.07, 6.45) is 4.56. The molecule has 2 aliphatic heterocycles. The van der Waals surface area contributed by atoms with Crippen LogP contribution in [0.25, 0.3) is 6.08 Å². The first-order valence-electron chi connectivity index (χ1n) is 12.3. The molecule has 0 spiro atoms. The Labute approximate surface area is 221 Å². The van der Waals surface area contributed by atoms with Crippen LogP contribution in [0.5, 0.6) is 0 Å². The number of amides is 1. The molecule has 0 saturated carbocycles. The first-order valence-corrected chi connectivity index (χ1v) is 13.5. The lowest BCUT2D eigenvalue weighted by Crippen LogP contribution is -2.47. The highest BCUT2D eigenvalue weighted by Crippen LogP contribution is 2.36. The van der Waals surface area contributed by atoms with Gasteiger partial charge >= 0.3 is 5.97 Å². The molecule has 3 rings (SSSR count). The lowest BCUT2D eigenvalue weighted by Gasteiger charge is -2.36. The topological polar surface area (TPSA) is 110 Å². The van der Waals surface area contributed by atoms with Gasteiger partial charge in [0.15, 0.2) is 0 Å². The molecule has 194 valence electrons. The average molecular weight is 532 g/mol. The number of rotatable bonds is 10. The largest absolute Gasteiger partial charge is 0.481 e. The van der Waals surface area contributed by atoms with Crippen LogP contribution in [0.1, 0.15) is 55.7 Å². The fraction of sp³-hybridized carbons (Fsp3) is 0.560. The summed E-state index contributed by atoms with van der Waals surface area (Å²) < 4.78 is 2.15. The van der Waals surface area contributed by atoms with Crippen LogP contribution >= 0.6 is 24.0 Å². The molecular formula is C25H33N5O4S2. The van der Waals surface area contributed by atoms with Crippen LogP contribution in [0.4, 0.5) is 5.82 Å². The number of nitrogens with zero attached hydrogens (tertiary/aromatic N) is 5. The van der Waals surface area contributed by atoms with Crippen LogP contribution in [-0.4, -0.2) is 75.4 Å². The summed E-state index contributed by atoms with van der Waals surface area (Å²) in [6, 6.07) is 2.08. The Hall–Kier alpha value is -2.68. The number of pyridine rings is 1. The van der Waals surface area contributed by atoms with Crippen molar-refractivity contribution in [1.29, 1.82) is 5.26 Å². The van der Waals surface area contributed by atoms with E-state index in [1.807, 2.05) is 6.92 Å². The Kier molecular flexibility index (Phi) is 9.70. The quantitative estimate of drug-likeness (QED) is 0.277. The van der Waals surface area contributed by atoms with Crippen molar-refractivity contribution in [3.63, 3.8) is 0 Å². The van der Waals surface area contributed by atoms with Crippen LogP contribution in [0, 0.1) is 18.3 Å². The third kappa shape index (κ3) is 6.17. The molecule has 3 heterocycles. The molecule has 9 nitrogen and oxygen atoms in total. The van der Waals surface area contributed by atoms with Crippen LogP contribution < -0.4 is 10.5 Å². The zero-order chi connectivity index (χ0) is 26.4. The Morgan fingerprint density at radius 2 is 1.86 bits per heavy atom. The van der Waals surface area contributed by atoms with Gasteiger partial charge in [0, 0.05) is 51.3 Å². The van der Waals surface area contributed by atoms with Crippen molar-refractivity contribution in [3.05, 3.63) is 31.9 Å². The van der Waals surface area contributed by atoms with Crippen molar-refractivity contribution < 1.29 is 14.7 Å². The number of carboxylic acid groups (broad SMARTS) is 1. The van der Waals surface area contributed by atoms with E-state index in [1.54, 1.807) is 22.5 Å². The number of anilines is 1. The van der Waals surface area contributed by atoms with E-state index in [0.717, 1.165) is 38.4 Å². The molecule has 0 aliphatic carbocycles. The molecule has 1 aromatic rings. The number of piperazine rings is 1. The number of carboxylic acids is 1.